The van der Waals surface area contributed by atoms with E-state index in [1.54, 1.807) is 7.11 Å². The second kappa shape index (κ2) is 6.00. The van der Waals surface area contributed by atoms with Crippen molar-refractivity contribution < 1.29 is 9.53 Å². The number of methoxy groups -OCH3 is 1. The molecule has 0 radical (unpaired) electrons. The van der Waals surface area contributed by atoms with Crippen molar-refractivity contribution in [3.63, 3.8) is 0 Å². The summed E-state index contributed by atoms with van der Waals surface area (Å²) >= 11 is 6.00. The summed E-state index contributed by atoms with van der Waals surface area (Å²) in [6.45, 7) is 1.63. The van der Waals surface area contributed by atoms with Crippen LogP contribution in [0.5, 0.6) is 5.75 Å². The molecule has 2 aromatic carbocycles. The molecule has 0 spiro atoms. The van der Waals surface area contributed by atoms with E-state index < -0.39 is 0 Å². The first-order chi connectivity index (χ1) is 11.7. The molecule has 2 heterocycles. The molecule has 124 valence electrons. The number of carbonyl (C=O) groups excluding carboxylic acids is 1. The maximum absolute atomic E-state index is 12.9. The Morgan fingerprint density at radius 1 is 1.04 bits per heavy atom. The van der Waals surface area contributed by atoms with Gasteiger partial charge in [-0.1, -0.05) is 23.7 Å². The number of hydrogen-bond acceptors (Lipinski definition) is 3. The number of carbonyl (C=O) groups is 1. The second-order valence-electron chi connectivity index (χ2n) is 5.92. The zero-order valence-corrected chi connectivity index (χ0v) is 14.1. The molecule has 0 N–H and O–H groups in total. The van der Waals surface area contributed by atoms with Crippen molar-refractivity contribution in [2.75, 3.05) is 25.1 Å². The van der Waals surface area contributed by atoms with Crippen LogP contribution in [0.2, 0.25) is 5.02 Å². The lowest BCUT2D eigenvalue weighted by Gasteiger charge is -2.28. The van der Waals surface area contributed by atoms with Crippen molar-refractivity contribution in [2.45, 2.75) is 12.6 Å². The van der Waals surface area contributed by atoms with Gasteiger partial charge in [0.15, 0.2) is 0 Å². The summed E-state index contributed by atoms with van der Waals surface area (Å²) < 4.78 is 5.25. The van der Waals surface area contributed by atoms with Gasteiger partial charge in [0, 0.05) is 23.8 Å². The van der Waals surface area contributed by atoms with Crippen LogP contribution in [0.4, 0.5) is 10.5 Å². The fraction of sp³-hybridized carbons (Fsp3) is 0.278. The first kappa shape index (κ1) is 15.3. The van der Waals surface area contributed by atoms with Crippen molar-refractivity contribution in [2.24, 2.45) is 0 Å². The lowest BCUT2D eigenvalue weighted by molar-refractivity contribution is 0.0727. The summed E-state index contributed by atoms with van der Waals surface area (Å²) in [5.74, 6) is 0.805. The maximum Gasteiger partial charge on any atom is 0.340 e. The molecule has 0 aliphatic carbocycles. The summed E-state index contributed by atoms with van der Waals surface area (Å²) in [5, 5.41) is 4.63. The molecule has 5 nitrogen and oxygen atoms in total. The van der Waals surface area contributed by atoms with Gasteiger partial charge in [0.1, 0.15) is 11.9 Å². The molecule has 24 heavy (non-hydrogen) atoms. The molecule has 2 aliphatic heterocycles. The number of hydrazine groups is 1. The van der Waals surface area contributed by atoms with Crippen molar-refractivity contribution in [1.82, 2.24) is 10.0 Å². The van der Waals surface area contributed by atoms with Crippen LogP contribution >= 0.6 is 11.6 Å². The maximum atomic E-state index is 12.9. The van der Waals surface area contributed by atoms with E-state index in [1.807, 2.05) is 58.4 Å². The van der Waals surface area contributed by atoms with Crippen LogP contribution in [0.15, 0.2) is 48.5 Å². The number of hydrogen-bond donors (Lipinski definition) is 0. The third kappa shape index (κ3) is 2.41. The van der Waals surface area contributed by atoms with E-state index in [0.717, 1.165) is 36.5 Å². The molecule has 2 aliphatic rings. The number of benzene rings is 2. The number of nitrogens with zero attached hydrogens (tertiary/aromatic N) is 3. The van der Waals surface area contributed by atoms with Gasteiger partial charge < -0.3 is 4.74 Å². The van der Waals surface area contributed by atoms with Gasteiger partial charge in [-0.25, -0.2) is 4.79 Å². The fourth-order valence-corrected chi connectivity index (χ4v) is 3.53. The SMILES string of the molecule is COc1ccc(C2N(c3ccc(Cl)cc3)C(=O)N3CCCN23)cc1. The number of fused-ring (bicyclic) bond motifs is 1. The van der Waals surface area contributed by atoms with Crippen molar-refractivity contribution in [3.8, 4) is 5.75 Å². The Kier molecular flexibility index (Phi) is 3.82. The van der Waals surface area contributed by atoms with Crippen LogP contribution in [0.1, 0.15) is 18.2 Å². The molecule has 6 heteroatoms. The van der Waals surface area contributed by atoms with Gasteiger partial charge in [-0.2, -0.15) is 5.01 Å². The summed E-state index contributed by atoms with van der Waals surface area (Å²) in [6.07, 6.45) is 0.847. The van der Waals surface area contributed by atoms with E-state index in [2.05, 4.69) is 5.01 Å². The highest BCUT2D eigenvalue weighted by atomic mass is 35.5. The Morgan fingerprint density at radius 3 is 2.42 bits per heavy atom. The summed E-state index contributed by atoms with van der Waals surface area (Å²) in [4.78, 5) is 14.8. The fourth-order valence-electron chi connectivity index (χ4n) is 3.40. The van der Waals surface area contributed by atoms with Gasteiger partial charge >= 0.3 is 6.03 Å². The second-order valence-corrected chi connectivity index (χ2v) is 6.35. The first-order valence-electron chi connectivity index (χ1n) is 7.96. The lowest BCUT2D eigenvalue weighted by atomic mass is 10.1. The third-order valence-corrected chi connectivity index (χ3v) is 4.79. The molecule has 0 saturated carbocycles. The molecule has 0 aromatic heterocycles. The molecule has 2 amide bonds. The molecule has 2 aromatic rings. The van der Waals surface area contributed by atoms with Gasteiger partial charge in [-0.15, -0.1) is 0 Å². The Morgan fingerprint density at radius 2 is 1.75 bits per heavy atom. The van der Waals surface area contributed by atoms with Gasteiger partial charge in [0.25, 0.3) is 0 Å². The Balaban J connectivity index is 1.76. The van der Waals surface area contributed by atoms with Crippen molar-refractivity contribution in [3.05, 3.63) is 59.1 Å². The van der Waals surface area contributed by atoms with E-state index in [0.29, 0.717) is 5.02 Å². The van der Waals surface area contributed by atoms with Gasteiger partial charge in [-0.3, -0.25) is 9.91 Å². The topological polar surface area (TPSA) is 36.0 Å². The largest absolute Gasteiger partial charge is 0.497 e. The van der Waals surface area contributed by atoms with Crippen molar-refractivity contribution >= 4 is 23.3 Å². The number of rotatable bonds is 3. The molecular weight excluding hydrogens is 326 g/mol. The third-order valence-electron chi connectivity index (χ3n) is 4.54. The minimum Gasteiger partial charge on any atom is -0.497 e. The Labute approximate surface area is 145 Å². The monoisotopic (exact) mass is 343 g/mol. The molecule has 1 atom stereocenters. The van der Waals surface area contributed by atoms with Crippen LogP contribution in [0.3, 0.4) is 0 Å². The van der Waals surface area contributed by atoms with Crippen LogP contribution in [0.25, 0.3) is 0 Å². The van der Waals surface area contributed by atoms with Crippen LogP contribution in [0, 0.1) is 0 Å². The zero-order valence-electron chi connectivity index (χ0n) is 13.4. The molecule has 4 rings (SSSR count). The predicted octanol–water partition coefficient (Wildman–Crippen LogP) is 3.91. The smallest absolute Gasteiger partial charge is 0.340 e. The predicted molar refractivity (Wildman–Crippen MR) is 93.1 cm³/mol. The normalized spacial score (nSPS) is 20.6. The number of amides is 2. The number of ether oxygens (including phenoxy) is 1. The van der Waals surface area contributed by atoms with Crippen molar-refractivity contribution in [1.29, 1.82) is 0 Å². The van der Waals surface area contributed by atoms with E-state index >= 15 is 0 Å². The average molecular weight is 344 g/mol. The Bertz CT molecular complexity index is 748. The zero-order chi connectivity index (χ0) is 16.7. The van der Waals surface area contributed by atoms with Crippen LogP contribution < -0.4 is 9.64 Å². The van der Waals surface area contributed by atoms with Gasteiger partial charge in [0.2, 0.25) is 0 Å². The molecule has 2 fully saturated rings. The number of anilines is 1. The van der Waals surface area contributed by atoms with Gasteiger partial charge in [-0.05, 0) is 48.4 Å². The van der Waals surface area contributed by atoms with Crippen LogP contribution in [-0.4, -0.2) is 36.2 Å². The summed E-state index contributed by atoms with van der Waals surface area (Å²) in [5.41, 5.74) is 1.91. The van der Waals surface area contributed by atoms with E-state index in [-0.39, 0.29) is 12.2 Å². The highest BCUT2D eigenvalue weighted by Gasteiger charge is 2.47. The van der Waals surface area contributed by atoms with Crippen LogP contribution in [-0.2, 0) is 0 Å². The standard InChI is InChI=1S/C18H18ClN3O2/c1-24-16-9-3-13(4-10-16)17-20-11-2-12-21(20)18(23)22(17)15-7-5-14(19)6-8-15/h3-10,17H,2,11-12H2,1H3. The van der Waals surface area contributed by atoms with E-state index in [9.17, 15) is 4.79 Å². The summed E-state index contributed by atoms with van der Waals surface area (Å²) in [7, 11) is 1.65. The highest BCUT2D eigenvalue weighted by Crippen LogP contribution is 2.40. The highest BCUT2D eigenvalue weighted by molar-refractivity contribution is 6.30. The lowest BCUT2D eigenvalue weighted by Crippen LogP contribution is -2.32. The quantitative estimate of drug-likeness (QED) is 0.847. The molecule has 2 saturated heterocycles. The number of halogens is 1. The first-order valence-corrected chi connectivity index (χ1v) is 8.33. The molecule has 1 unspecified atom stereocenters. The van der Waals surface area contributed by atoms with E-state index in [1.165, 1.54) is 0 Å². The molecule has 0 bridgehead atoms. The minimum absolute atomic E-state index is 0.00985. The summed E-state index contributed by atoms with van der Waals surface area (Å²) in [6, 6.07) is 15.3. The number of urea groups is 1. The van der Waals surface area contributed by atoms with E-state index in [4.69, 9.17) is 16.3 Å². The van der Waals surface area contributed by atoms with Gasteiger partial charge in [0.05, 0.1) is 7.11 Å². The molecular formula is C18H18ClN3O2. The average Bonchev–Trinajstić information content (AvgIpc) is 3.18. The minimum atomic E-state index is -0.146. The Hall–Kier alpha value is -2.24.